The molecule has 0 fully saturated rings. The Kier molecular flexibility index (Phi) is 6.32. The fourth-order valence-corrected chi connectivity index (χ4v) is 3.38. The lowest BCUT2D eigenvalue weighted by molar-refractivity contribution is -0.121. The molecular weight excluding hydrogens is 388 g/mol. The van der Waals surface area contributed by atoms with Gasteiger partial charge in [-0.3, -0.25) is 4.79 Å². The third-order valence-electron chi connectivity index (χ3n) is 5.32. The fraction of sp³-hybridized carbons (Fsp3) is 0.231. The first-order valence-electron chi connectivity index (χ1n) is 10.5. The number of ether oxygens (including phenoxy) is 1. The third-order valence-corrected chi connectivity index (χ3v) is 5.32. The molecule has 0 saturated carbocycles. The van der Waals surface area contributed by atoms with E-state index in [1.165, 1.54) is 16.5 Å². The lowest BCUT2D eigenvalue weighted by Gasteiger charge is -2.08. The summed E-state index contributed by atoms with van der Waals surface area (Å²) in [6, 6.07) is 20.3. The standard InChI is InChI=1S/C26H26N2O3/c1-18-7-8-22(15-19(18)2)24-17-28-26(31-24)12-11-25(29)27-13-14-30-23-10-9-20-5-3-4-6-21(20)16-23/h3-10,15-17H,11-14H2,1-2H3,(H,27,29). The summed E-state index contributed by atoms with van der Waals surface area (Å²) < 4.78 is 11.6. The van der Waals surface area contributed by atoms with Gasteiger partial charge in [0.25, 0.3) is 0 Å². The minimum absolute atomic E-state index is 0.0481. The lowest BCUT2D eigenvalue weighted by Crippen LogP contribution is -2.28. The van der Waals surface area contributed by atoms with E-state index in [9.17, 15) is 4.79 Å². The number of hydrogen-bond acceptors (Lipinski definition) is 4. The second-order valence-electron chi connectivity index (χ2n) is 7.62. The van der Waals surface area contributed by atoms with Gasteiger partial charge in [-0.1, -0.05) is 42.5 Å². The summed E-state index contributed by atoms with van der Waals surface area (Å²) in [6.07, 6.45) is 2.50. The molecule has 4 aromatic rings. The van der Waals surface area contributed by atoms with Gasteiger partial charge in [-0.2, -0.15) is 0 Å². The van der Waals surface area contributed by atoms with Crippen LogP contribution in [0.4, 0.5) is 0 Å². The number of amides is 1. The van der Waals surface area contributed by atoms with E-state index in [2.05, 4.69) is 48.4 Å². The molecule has 0 radical (unpaired) electrons. The van der Waals surface area contributed by atoms with E-state index in [1.807, 2.05) is 36.4 Å². The number of aromatic nitrogens is 1. The van der Waals surface area contributed by atoms with E-state index >= 15 is 0 Å². The molecule has 5 nitrogen and oxygen atoms in total. The van der Waals surface area contributed by atoms with E-state index in [0.29, 0.717) is 31.9 Å². The largest absolute Gasteiger partial charge is 0.492 e. The Balaban J connectivity index is 1.20. The van der Waals surface area contributed by atoms with Crippen LogP contribution >= 0.6 is 0 Å². The number of rotatable bonds is 8. The molecule has 158 valence electrons. The quantitative estimate of drug-likeness (QED) is 0.401. The molecule has 0 unspecified atom stereocenters. The summed E-state index contributed by atoms with van der Waals surface area (Å²) in [4.78, 5) is 16.4. The van der Waals surface area contributed by atoms with Crippen LogP contribution in [0.1, 0.15) is 23.4 Å². The van der Waals surface area contributed by atoms with Crippen molar-refractivity contribution in [2.75, 3.05) is 13.2 Å². The summed E-state index contributed by atoms with van der Waals surface area (Å²) in [5, 5.41) is 5.19. The highest BCUT2D eigenvalue weighted by atomic mass is 16.5. The Bertz CT molecular complexity index is 1200. The van der Waals surface area contributed by atoms with Crippen molar-refractivity contribution in [1.29, 1.82) is 0 Å². The molecule has 1 N–H and O–H groups in total. The van der Waals surface area contributed by atoms with E-state index in [-0.39, 0.29) is 5.91 Å². The predicted octanol–water partition coefficient (Wildman–Crippen LogP) is 5.24. The van der Waals surface area contributed by atoms with Crippen LogP contribution in [0.5, 0.6) is 5.75 Å². The summed E-state index contributed by atoms with van der Waals surface area (Å²) >= 11 is 0. The molecular formula is C26H26N2O3. The molecule has 0 spiro atoms. The van der Waals surface area contributed by atoms with Gasteiger partial charge in [-0.05, 0) is 53.9 Å². The second kappa shape index (κ2) is 9.47. The first-order valence-corrected chi connectivity index (χ1v) is 10.5. The monoisotopic (exact) mass is 414 g/mol. The maximum absolute atomic E-state index is 12.1. The van der Waals surface area contributed by atoms with Gasteiger partial charge in [-0.25, -0.2) is 4.98 Å². The van der Waals surface area contributed by atoms with E-state index in [0.717, 1.165) is 22.5 Å². The first kappa shape index (κ1) is 20.7. The van der Waals surface area contributed by atoms with E-state index < -0.39 is 0 Å². The van der Waals surface area contributed by atoms with Gasteiger partial charge in [0.2, 0.25) is 5.91 Å². The minimum atomic E-state index is -0.0481. The van der Waals surface area contributed by atoms with Gasteiger partial charge in [0.15, 0.2) is 11.7 Å². The Morgan fingerprint density at radius 2 is 1.84 bits per heavy atom. The predicted molar refractivity (Wildman–Crippen MR) is 122 cm³/mol. The number of carbonyl (C=O) groups excluding carboxylic acids is 1. The number of nitrogens with zero attached hydrogens (tertiary/aromatic N) is 1. The summed E-state index contributed by atoms with van der Waals surface area (Å²) in [7, 11) is 0. The molecule has 0 aliphatic rings. The highest BCUT2D eigenvalue weighted by molar-refractivity contribution is 5.83. The minimum Gasteiger partial charge on any atom is -0.492 e. The van der Waals surface area contributed by atoms with Gasteiger partial charge < -0.3 is 14.5 Å². The molecule has 3 aromatic carbocycles. The summed E-state index contributed by atoms with van der Waals surface area (Å²) in [5.74, 6) is 2.04. The van der Waals surface area contributed by atoms with Crippen molar-refractivity contribution in [3.8, 4) is 17.1 Å². The van der Waals surface area contributed by atoms with Crippen LogP contribution in [-0.4, -0.2) is 24.0 Å². The van der Waals surface area contributed by atoms with Gasteiger partial charge in [0.05, 0.1) is 12.7 Å². The average molecular weight is 415 g/mol. The van der Waals surface area contributed by atoms with E-state index in [1.54, 1.807) is 6.20 Å². The molecule has 0 aliphatic heterocycles. The lowest BCUT2D eigenvalue weighted by atomic mass is 10.1. The first-order chi connectivity index (χ1) is 15.1. The zero-order valence-electron chi connectivity index (χ0n) is 17.9. The number of aryl methyl sites for hydroxylation is 3. The second-order valence-corrected chi connectivity index (χ2v) is 7.62. The van der Waals surface area contributed by atoms with Crippen LogP contribution in [0, 0.1) is 13.8 Å². The van der Waals surface area contributed by atoms with Crippen molar-refractivity contribution in [3.63, 3.8) is 0 Å². The molecule has 4 rings (SSSR count). The van der Waals surface area contributed by atoms with E-state index in [4.69, 9.17) is 9.15 Å². The zero-order chi connectivity index (χ0) is 21.6. The molecule has 0 bridgehead atoms. The fourth-order valence-electron chi connectivity index (χ4n) is 3.38. The van der Waals surface area contributed by atoms with Gasteiger partial charge >= 0.3 is 0 Å². The maximum Gasteiger partial charge on any atom is 0.220 e. The van der Waals surface area contributed by atoms with Crippen molar-refractivity contribution in [3.05, 3.63) is 83.9 Å². The number of oxazole rings is 1. The number of hydrogen-bond donors (Lipinski definition) is 1. The van der Waals surface area contributed by atoms with Crippen LogP contribution in [0.3, 0.4) is 0 Å². The Hall–Kier alpha value is -3.60. The Morgan fingerprint density at radius 3 is 2.68 bits per heavy atom. The van der Waals surface area contributed by atoms with Gasteiger partial charge in [-0.15, -0.1) is 0 Å². The Morgan fingerprint density at radius 1 is 1.00 bits per heavy atom. The van der Waals surface area contributed by atoms with Crippen LogP contribution in [-0.2, 0) is 11.2 Å². The van der Waals surface area contributed by atoms with Crippen molar-refractivity contribution in [2.24, 2.45) is 0 Å². The number of fused-ring (bicyclic) bond motifs is 1. The smallest absolute Gasteiger partial charge is 0.220 e. The molecule has 1 aromatic heterocycles. The molecule has 1 amide bonds. The molecule has 0 atom stereocenters. The van der Waals surface area contributed by atoms with Crippen LogP contribution in [0.2, 0.25) is 0 Å². The Labute approximate surface area is 182 Å². The molecule has 5 heteroatoms. The van der Waals surface area contributed by atoms with Crippen molar-refractivity contribution < 1.29 is 13.9 Å². The molecule has 0 saturated heterocycles. The average Bonchev–Trinajstić information content (AvgIpc) is 3.26. The maximum atomic E-state index is 12.1. The summed E-state index contributed by atoms with van der Waals surface area (Å²) in [5.41, 5.74) is 3.45. The van der Waals surface area contributed by atoms with Gasteiger partial charge in [0, 0.05) is 18.4 Å². The topological polar surface area (TPSA) is 64.4 Å². The van der Waals surface area contributed by atoms with Crippen LogP contribution < -0.4 is 10.1 Å². The highest BCUT2D eigenvalue weighted by Crippen LogP contribution is 2.23. The van der Waals surface area contributed by atoms with Gasteiger partial charge in [0.1, 0.15) is 12.4 Å². The van der Waals surface area contributed by atoms with Crippen LogP contribution in [0.15, 0.2) is 71.3 Å². The number of nitrogens with one attached hydrogen (secondary N) is 1. The summed E-state index contributed by atoms with van der Waals surface area (Å²) in [6.45, 7) is 5.02. The number of benzene rings is 3. The third kappa shape index (κ3) is 5.31. The molecule has 31 heavy (non-hydrogen) atoms. The molecule has 0 aliphatic carbocycles. The van der Waals surface area contributed by atoms with Crippen molar-refractivity contribution in [2.45, 2.75) is 26.7 Å². The SMILES string of the molecule is Cc1ccc(-c2cnc(CCC(=O)NCCOc3ccc4ccccc4c3)o2)cc1C. The molecule has 1 heterocycles. The van der Waals surface area contributed by atoms with Crippen LogP contribution in [0.25, 0.3) is 22.1 Å². The normalized spacial score (nSPS) is 10.9. The van der Waals surface area contributed by atoms with Crippen molar-refractivity contribution >= 4 is 16.7 Å². The van der Waals surface area contributed by atoms with Crippen molar-refractivity contribution in [1.82, 2.24) is 10.3 Å². The number of carbonyl (C=O) groups is 1. The highest BCUT2D eigenvalue weighted by Gasteiger charge is 2.10. The zero-order valence-corrected chi connectivity index (χ0v) is 17.9.